The zero-order chi connectivity index (χ0) is 20.4. The molecule has 138 valence electrons. The maximum absolute atomic E-state index is 13.0. The van der Waals surface area contributed by atoms with Crippen LogP contribution in [0.1, 0.15) is 37.8 Å². The molecule has 27 heavy (non-hydrogen) atoms. The minimum atomic E-state index is -1.89. The van der Waals surface area contributed by atoms with Gasteiger partial charge < -0.3 is 0 Å². The van der Waals surface area contributed by atoms with E-state index in [0.29, 0.717) is 5.56 Å². The monoisotopic (exact) mass is 364 g/mol. The van der Waals surface area contributed by atoms with Crippen molar-refractivity contribution >= 4 is 17.8 Å². The number of nitriles is 2. The topological polar surface area (TPSA) is 105 Å². The molecule has 1 heterocycles. The molecule has 0 N–H and O–H groups in total. The van der Waals surface area contributed by atoms with Gasteiger partial charge in [0.25, 0.3) is 0 Å². The lowest BCUT2D eigenvalue weighted by Gasteiger charge is -2.34. The Morgan fingerprint density at radius 1 is 0.926 bits per heavy atom. The van der Waals surface area contributed by atoms with Crippen LogP contribution in [0.4, 0.5) is 4.79 Å². The molecule has 0 aromatic heterocycles. The van der Waals surface area contributed by atoms with Crippen LogP contribution in [-0.4, -0.2) is 41.7 Å². The molecular weight excluding hydrogens is 344 g/mol. The van der Waals surface area contributed by atoms with Gasteiger partial charge in [-0.3, -0.25) is 19.4 Å². The average Bonchev–Trinajstić information content (AvgIpc) is 3.27. The van der Waals surface area contributed by atoms with Gasteiger partial charge in [0.15, 0.2) is 10.8 Å². The SMILES string of the molecule is CN1C(=O)N(C)C(=O)C2(C1=O)C(c1ccc(C(C)(C)C)cc1)C2(C#N)C#N. The first kappa shape index (κ1) is 18.6. The second-order valence-corrected chi connectivity index (χ2v) is 8.16. The minimum Gasteiger partial charge on any atom is -0.273 e. The average molecular weight is 364 g/mol. The summed E-state index contributed by atoms with van der Waals surface area (Å²) in [7, 11) is 2.51. The first-order valence-electron chi connectivity index (χ1n) is 8.54. The number of carbonyl (C=O) groups is 3. The molecule has 1 saturated carbocycles. The molecule has 1 spiro atoms. The first-order valence-corrected chi connectivity index (χ1v) is 8.54. The lowest BCUT2D eigenvalue weighted by Crippen LogP contribution is -2.59. The van der Waals surface area contributed by atoms with Crippen molar-refractivity contribution in [1.82, 2.24) is 9.80 Å². The van der Waals surface area contributed by atoms with E-state index in [2.05, 4.69) is 20.8 Å². The fourth-order valence-corrected chi connectivity index (χ4v) is 4.08. The Hall–Kier alpha value is -3.19. The van der Waals surface area contributed by atoms with E-state index in [4.69, 9.17) is 0 Å². The Morgan fingerprint density at radius 2 is 1.37 bits per heavy atom. The van der Waals surface area contributed by atoms with Gasteiger partial charge in [-0.25, -0.2) is 4.79 Å². The smallest absolute Gasteiger partial charge is 0.273 e. The highest BCUT2D eigenvalue weighted by Gasteiger charge is 2.89. The standard InChI is InChI=1S/C20H20N4O3/c1-18(2,3)13-8-6-12(7-9-13)14-19(10-21,11-22)20(14)15(25)23(4)17(27)24(5)16(20)26/h6-9,14H,1-5H3. The second kappa shape index (κ2) is 5.40. The van der Waals surface area contributed by atoms with Gasteiger partial charge in [-0.2, -0.15) is 10.5 Å². The van der Waals surface area contributed by atoms with E-state index in [9.17, 15) is 24.9 Å². The lowest BCUT2D eigenvalue weighted by molar-refractivity contribution is -0.151. The number of rotatable bonds is 1. The third-order valence-corrected chi connectivity index (χ3v) is 5.73. The number of nitrogens with zero attached hydrogens (tertiary/aromatic N) is 4. The molecule has 1 atom stereocenters. The van der Waals surface area contributed by atoms with Crippen LogP contribution >= 0.6 is 0 Å². The van der Waals surface area contributed by atoms with Crippen molar-refractivity contribution in [2.24, 2.45) is 10.8 Å². The van der Waals surface area contributed by atoms with Crippen molar-refractivity contribution < 1.29 is 14.4 Å². The highest BCUT2D eigenvalue weighted by molar-refractivity contribution is 6.23. The molecule has 1 aliphatic heterocycles. The van der Waals surface area contributed by atoms with Crippen LogP contribution in [0.5, 0.6) is 0 Å². The van der Waals surface area contributed by atoms with Crippen LogP contribution in [-0.2, 0) is 15.0 Å². The molecule has 0 radical (unpaired) electrons. The molecule has 7 nitrogen and oxygen atoms in total. The zero-order valence-electron chi connectivity index (χ0n) is 15.9. The predicted octanol–water partition coefficient (Wildman–Crippen LogP) is 2.15. The molecule has 1 aromatic rings. The number of urea groups is 1. The number of amides is 4. The highest BCUT2D eigenvalue weighted by atomic mass is 16.2. The molecule has 1 aliphatic carbocycles. The van der Waals surface area contributed by atoms with Crippen molar-refractivity contribution in [3.8, 4) is 12.1 Å². The number of barbiturate groups is 1. The quantitative estimate of drug-likeness (QED) is 0.710. The van der Waals surface area contributed by atoms with Crippen LogP contribution in [0.3, 0.4) is 0 Å². The molecule has 3 rings (SSSR count). The molecular formula is C20H20N4O3. The maximum Gasteiger partial charge on any atom is 0.332 e. The largest absolute Gasteiger partial charge is 0.332 e. The summed E-state index contributed by atoms with van der Waals surface area (Å²) in [4.78, 5) is 39.7. The first-order chi connectivity index (χ1) is 12.5. The molecule has 7 heteroatoms. The molecule has 1 unspecified atom stereocenters. The van der Waals surface area contributed by atoms with E-state index < -0.39 is 34.6 Å². The fraction of sp³-hybridized carbons (Fsp3) is 0.450. The summed E-state index contributed by atoms with van der Waals surface area (Å²) in [6.45, 7) is 6.16. The van der Waals surface area contributed by atoms with Crippen LogP contribution in [0, 0.1) is 33.5 Å². The van der Waals surface area contributed by atoms with E-state index in [1.807, 2.05) is 24.3 Å². The van der Waals surface area contributed by atoms with Crippen molar-refractivity contribution in [1.29, 1.82) is 10.5 Å². The third-order valence-electron chi connectivity index (χ3n) is 5.73. The summed E-state index contributed by atoms with van der Waals surface area (Å²) in [6.07, 6.45) is 0. The van der Waals surface area contributed by atoms with Gasteiger partial charge in [0.1, 0.15) is 0 Å². The number of hydrogen-bond acceptors (Lipinski definition) is 5. The number of benzene rings is 1. The molecule has 4 amide bonds. The maximum atomic E-state index is 13.0. The van der Waals surface area contributed by atoms with E-state index in [-0.39, 0.29) is 5.41 Å². The summed E-state index contributed by atoms with van der Waals surface area (Å²) in [5.41, 5.74) is -2.22. The lowest BCUT2D eigenvalue weighted by atomic mass is 9.86. The second-order valence-electron chi connectivity index (χ2n) is 8.16. The summed E-state index contributed by atoms with van der Waals surface area (Å²) in [5, 5.41) is 19.5. The van der Waals surface area contributed by atoms with Gasteiger partial charge in [-0.15, -0.1) is 0 Å². The van der Waals surface area contributed by atoms with Gasteiger partial charge >= 0.3 is 6.03 Å². The van der Waals surface area contributed by atoms with Gasteiger partial charge in [-0.1, -0.05) is 45.0 Å². The summed E-state index contributed by atoms with van der Waals surface area (Å²) < 4.78 is 0. The molecule has 1 saturated heterocycles. The predicted molar refractivity (Wildman–Crippen MR) is 94.9 cm³/mol. The highest BCUT2D eigenvalue weighted by Crippen LogP contribution is 2.75. The van der Waals surface area contributed by atoms with Crippen LogP contribution in [0.25, 0.3) is 0 Å². The minimum absolute atomic E-state index is 0.0926. The van der Waals surface area contributed by atoms with Crippen molar-refractivity contribution in [3.05, 3.63) is 35.4 Å². The van der Waals surface area contributed by atoms with Crippen molar-refractivity contribution in [2.45, 2.75) is 32.1 Å². The van der Waals surface area contributed by atoms with Crippen LogP contribution < -0.4 is 0 Å². The number of imide groups is 2. The third kappa shape index (κ3) is 2.03. The van der Waals surface area contributed by atoms with Crippen molar-refractivity contribution in [3.63, 3.8) is 0 Å². The van der Waals surface area contributed by atoms with Gasteiger partial charge in [-0.05, 0) is 16.5 Å². The molecule has 2 aliphatic rings. The Bertz CT molecular complexity index is 905. The molecule has 2 fully saturated rings. The van der Waals surface area contributed by atoms with Gasteiger partial charge in [0.05, 0.1) is 12.1 Å². The normalized spacial score (nSPS) is 23.2. The van der Waals surface area contributed by atoms with E-state index in [1.54, 1.807) is 12.1 Å². The summed E-state index contributed by atoms with van der Waals surface area (Å²) in [5.74, 6) is -2.53. The molecule has 0 bridgehead atoms. The van der Waals surface area contributed by atoms with Gasteiger partial charge in [0, 0.05) is 20.0 Å². The fourth-order valence-electron chi connectivity index (χ4n) is 4.08. The Kier molecular flexibility index (Phi) is 3.72. The Morgan fingerprint density at radius 3 is 1.74 bits per heavy atom. The zero-order valence-corrected chi connectivity index (χ0v) is 15.9. The van der Waals surface area contributed by atoms with E-state index >= 15 is 0 Å². The van der Waals surface area contributed by atoms with E-state index in [0.717, 1.165) is 15.4 Å². The molecule has 1 aromatic carbocycles. The summed E-state index contributed by atoms with van der Waals surface area (Å²) in [6, 6.07) is 10.3. The number of hydrogen-bond donors (Lipinski definition) is 0. The van der Waals surface area contributed by atoms with Crippen LogP contribution in [0.2, 0.25) is 0 Å². The van der Waals surface area contributed by atoms with Crippen molar-refractivity contribution in [2.75, 3.05) is 14.1 Å². The Labute approximate surface area is 157 Å². The van der Waals surface area contributed by atoms with E-state index in [1.165, 1.54) is 14.1 Å². The Balaban J connectivity index is 2.18. The van der Waals surface area contributed by atoms with Crippen LogP contribution in [0.15, 0.2) is 24.3 Å². The summed E-state index contributed by atoms with van der Waals surface area (Å²) >= 11 is 0. The van der Waals surface area contributed by atoms with Gasteiger partial charge in [0.2, 0.25) is 11.8 Å². The number of carbonyl (C=O) groups excluding carboxylic acids is 3.